The first-order valence-electron chi connectivity index (χ1n) is 10.2. The van der Waals surface area contributed by atoms with Crippen molar-refractivity contribution in [3.63, 3.8) is 0 Å². The summed E-state index contributed by atoms with van der Waals surface area (Å²) in [6.45, 7) is 2.81. The van der Waals surface area contributed by atoms with Gasteiger partial charge in [-0.2, -0.15) is 0 Å². The number of thiazole rings is 1. The van der Waals surface area contributed by atoms with Crippen molar-refractivity contribution in [3.05, 3.63) is 65.0 Å². The lowest BCUT2D eigenvalue weighted by molar-refractivity contribution is -0.132. The highest BCUT2D eigenvalue weighted by Crippen LogP contribution is 2.36. The van der Waals surface area contributed by atoms with Crippen molar-refractivity contribution < 1.29 is 9.21 Å². The lowest BCUT2D eigenvalue weighted by atomic mass is 10.1. The lowest BCUT2D eigenvalue weighted by Crippen LogP contribution is -2.30. The van der Waals surface area contributed by atoms with Crippen LogP contribution in [-0.2, 0) is 11.2 Å². The zero-order chi connectivity index (χ0) is 20.5. The molecule has 1 aliphatic heterocycles. The highest BCUT2D eigenvalue weighted by molar-refractivity contribution is 7.18. The normalized spacial score (nSPS) is 16.4. The minimum absolute atomic E-state index is 0.0701. The Morgan fingerprint density at radius 2 is 2.00 bits per heavy atom. The fourth-order valence-electron chi connectivity index (χ4n) is 3.88. The number of rotatable bonds is 5. The van der Waals surface area contributed by atoms with Crippen molar-refractivity contribution in [1.29, 1.82) is 0 Å². The van der Waals surface area contributed by atoms with Crippen LogP contribution in [0.5, 0.6) is 0 Å². The Labute approximate surface area is 178 Å². The molecule has 0 bridgehead atoms. The number of hydrogen-bond donors (Lipinski definition) is 0. The average molecular weight is 419 g/mol. The molecule has 1 amide bonds. The second-order valence-corrected chi connectivity index (χ2v) is 8.69. The smallest absolute Gasteiger partial charge is 0.247 e. The van der Waals surface area contributed by atoms with Crippen molar-refractivity contribution in [1.82, 2.24) is 20.1 Å². The Balaban J connectivity index is 1.25. The van der Waals surface area contributed by atoms with Crippen molar-refractivity contribution in [2.24, 2.45) is 0 Å². The Bertz CT molecular complexity index is 1150. The fraction of sp³-hybridized carbons (Fsp3) is 0.304. The number of likely N-dealkylation sites (tertiary alicyclic amines) is 1. The summed E-state index contributed by atoms with van der Waals surface area (Å²) < 4.78 is 6.94. The van der Waals surface area contributed by atoms with Gasteiger partial charge in [-0.15, -0.1) is 21.5 Å². The Morgan fingerprint density at radius 1 is 1.17 bits per heavy atom. The predicted molar refractivity (Wildman–Crippen MR) is 116 cm³/mol. The molecule has 2 aromatic heterocycles. The van der Waals surface area contributed by atoms with E-state index in [2.05, 4.69) is 16.3 Å². The van der Waals surface area contributed by atoms with Crippen LogP contribution in [0.4, 0.5) is 0 Å². The summed E-state index contributed by atoms with van der Waals surface area (Å²) >= 11 is 1.69. The minimum Gasteiger partial charge on any atom is -0.421 e. The molecule has 5 rings (SSSR count). The van der Waals surface area contributed by atoms with Gasteiger partial charge in [0.2, 0.25) is 17.7 Å². The van der Waals surface area contributed by atoms with Gasteiger partial charge >= 0.3 is 0 Å². The summed E-state index contributed by atoms with van der Waals surface area (Å²) in [7, 11) is 0. The molecular weight excluding hydrogens is 396 g/mol. The maximum absolute atomic E-state index is 12.9. The average Bonchev–Trinajstić information content (AvgIpc) is 3.51. The van der Waals surface area contributed by atoms with Gasteiger partial charge in [0, 0.05) is 24.9 Å². The van der Waals surface area contributed by atoms with Crippen LogP contribution < -0.4 is 0 Å². The third-order valence-corrected chi connectivity index (χ3v) is 6.62. The summed E-state index contributed by atoms with van der Waals surface area (Å²) in [5.74, 6) is 1.10. The van der Waals surface area contributed by atoms with Crippen LogP contribution in [0.25, 0.3) is 21.7 Å². The number of fused-ring (bicyclic) bond motifs is 1. The summed E-state index contributed by atoms with van der Waals surface area (Å²) in [5.41, 5.74) is 3.07. The molecule has 2 aromatic carbocycles. The second kappa shape index (κ2) is 7.99. The molecule has 3 heterocycles. The standard InChI is InChI=1S/C23H22N4O2S/c1-15-8-10-16(11-9-15)22-26-25-20(29-22)12-13-21(28)27-14-4-6-18(27)23-24-17-5-2-3-7-19(17)30-23/h2-3,5,7-11,18H,4,6,12-14H2,1H3. The molecule has 1 unspecified atom stereocenters. The summed E-state index contributed by atoms with van der Waals surface area (Å²) in [4.78, 5) is 19.7. The Morgan fingerprint density at radius 3 is 2.83 bits per heavy atom. The molecule has 4 aromatic rings. The first kappa shape index (κ1) is 18.9. The van der Waals surface area contributed by atoms with Crippen LogP contribution in [-0.4, -0.2) is 32.5 Å². The summed E-state index contributed by atoms with van der Waals surface area (Å²) in [6, 6.07) is 16.2. The monoisotopic (exact) mass is 418 g/mol. The number of carbonyl (C=O) groups is 1. The van der Waals surface area contributed by atoms with Gasteiger partial charge in [0.25, 0.3) is 0 Å². The van der Waals surface area contributed by atoms with Crippen molar-refractivity contribution in [3.8, 4) is 11.5 Å². The number of nitrogens with zero attached hydrogens (tertiary/aromatic N) is 4. The van der Waals surface area contributed by atoms with E-state index in [1.165, 1.54) is 10.3 Å². The van der Waals surface area contributed by atoms with Crippen molar-refractivity contribution in [2.45, 2.75) is 38.6 Å². The van der Waals surface area contributed by atoms with Gasteiger partial charge in [-0.3, -0.25) is 4.79 Å². The topological polar surface area (TPSA) is 72.1 Å². The van der Waals surface area contributed by atoms with Crippen molar-refractivity contribution in [2.75, 3.05) is 6.54 Å². The molecule has 6 nitrogen and oxygen atoms in total. The molecule has 30 heavy (non-hydrogen) atoms. The Hall–Kier alpha value is -3.06. The van der Waals surface area contributed by atoms with Crippen LogP contribution >= 0.6 is 11.3 Å². The lowest BCUT2D eigenvalue weighted by Gasteiger charge is -2.22. The predicted octanol–water partition coefficient (Wildman–Crippen LogP) is 4.95. The van der Waals surface area contributed by atoms with E-state index in [1.54, 1.807) is 11.3 Å². The quantitative estimate of drug-likeness (QED) is 0.458. The number of para-hydroxylation sites is 1. The molecule has 0 aliphatic carbocycles. The molecule has 0 saturated carbocycles. The molecule has 7 heteroatoms. The number of benzene rings is 2. The number of amides is 1. The third kappa shape index (κ3) is 3.73. The van der Waals surface area contributed by atoms with Crippen LogP contribution in [0.2, 0.25) is 0 Å². The van der Waals surface area contributed by atoms with Gasteiger partial charge in [-0.25, -0.2) is 4.98 Å². The maximum atomic E-state index is 12.9. The SMILES string of the molecule is Cc1ccc(-c2nnc(CCC(=O)N3CCCC3c3nc4ccccc4s3)o2)cc1. The van der Waals surface area contributed by atoms with Crippen molar-refractivity contribution >= 4 is 27.5 Å². The van der Waals surface area contributed by atoms with E-state index < -0.39 is 0 Å². The summed E-state index contributed by atoms with van der Waals surface area (Å²) in [5, 5.41) is 9.28. The highest BCUT2D eigenvalue weighted by Gasteiger charge is 2.32. The van der Waals surface area contributed by atoms with Gasteiger partial charge in [0.15, 0.2) is 0 Å². The van der Waals surface area contributed by atoms with E-state index in [1.807, 2.05) is 54.3 Å². The molecule has 1 fully saturated rings. The number of hydrogen-bond acceptors (Lipinski definition) is 6. The van der Waals surface area contributed by atoms with E-state index in [-0.39, 0.29) is 11.9 Å². The van der Waals surface area contributed by atoms with Crippen LogP contribution in [0.1, 0.15) is 41.8 Å². The minimum atomic E-state index is 0.0701. The molecule has 1 aliphatic rings. The van der Waals surface area contributed by atoms with E-state index in [0.29, 0.717) is 24.6 Å². The number of carbonyl (C=O) groups excluding carboxylic acids is 1. The molecule has 1 saturated heterocycles. The number of aromatic nitrogens is 3. The van der Waals surface area contributed by atoms with Crippen LogP contribution in [0.3, 0.4) is 0 Å². The van der Waals surface area contributed by atoms with Gasteiger partial charge in [-0.05, 0) is 44.0 Å². The van der Waals surface area contributed by atoms with Crippen LogP contribution in [0.15, 0.2) is 52.9 Å². The highest BCUT2D eigenvalue weighted by atomic mass is 32.1. The third-order valence-electron chi connectivity index (χ3n) is 5.49. The molecule has 0 radical (unpaired) electrons. The number of aryl methyl sites for hydroxylation is 2. The summed E-state index contributed by atoms with van der Waals surface area (Å²) in [6.07, 6.45) is 2.77. The van der Waals surface area contributed by atoms with Gasteiger partial charge < -0.3 is 9.32 Å². The first-order chi connectivity index (χ1) is 14.7. The van der Waals surface area contributed by atoms with E-state index in [0.717, 1.165) is 35.5 Å². The fourth-order valence-corrected chi connectivity index (χ4v) is 4.99. The van der Waals surface area contributed by atoms with Crippen LogP contribution in [0, 0.1) is 6.92 Å². The zero-order valence-electron chi connectivity index (χ0n) is 16.7. The molecule has 0 spiro atoms. The van der Waals surface area contributed by atoms with Gasteiger partial charge in [-0.1, -0.05) is 29.8 Å². The van der Waals surface area contributed by atoms with E-state index in [4.69, 9.17) is 9.40 Å². The Kier molecular flexibility index (Phi) is 5.04. The molecule has 1 atom stereocenters. The second-order valence-electron chi connectivity index (χ2n) is 7.63. The van der Waals surface area contributed by atoms with E-state index in [9.17, 15) is 4.79 Å². The van der Waals surface area contributed by atoms with Gasteiger partial charge in [0.05, 0.1) is 16.3 Å². The van der Waals surface area contributed by atoms with Gasteiger partial charge in [0.1, 0.15) is 5.01 Å². The molecular formula is C23H22N4O2S. The zero-order valence-corrected chi connectivity index (χ0v) is 17.6. The largest absolute Gasteiger partial charge is 0.421 e. The maximum Gasteiger partial charge on any atom is 0.247 e. The molecule has 152 valence electrons. The first-order valence-corrected chi connectivity index (χ1v) is 11.0. The van der Waals surface area contributed by atoms with E-state index >= 15 is 0 Å². The molecule has 0 N–H and O–H groups in total.